The first kappa shape index (κ1) is 13.0. The van der Waals surface area contributed by atoms with E-state index < -0.39 is 0 Å². The van der Waals surface area contributed by atoms with E-state index in [0.717, 1.165) is 25.1 Å². The lowest BCUT2D eigenvalue weighted by Crippen LogP contribution is -2.24. The number of hydrogen-bond acceptors (Lipinski definition) is 2. The standard InChI is InChI=1S/C16H16ClN3/c17-14-10-12(7-8-13(14)16(18)19)20-9-3-5-11-4-1-2-6-15(11)20/h1-2,4,6-8,10H,3,5,9H2,(H3,18,19). The van der Waals surface area contributed by atoms with Gasteiger partial charge in [-0.1, -0.05) is 29.8 Å². The van der Waals surface area contributed by atoms with Crippen molar-refractivity contribution < 1.29 is 0 Å². The third-order valence-corrected chi connectivity index (χ3v) is 3.98. The number of nitrogens with two attached hydrogens (primary N) is 1. The first-order valence-electron chi connectivity index (χ1n) is 6.66. The molecule has 3 N–H and O–H groups in total. The van der Waals surface area contributed by atoms with E-state index in [1.54, 1.807) is 0 Å². The van der Waals surface area contributed by atoms with Crippen LogP contribution in [-0.2, 0) is 6.42 Å². The molecule has 102 valence electrons. The average molecular weight is 286 g/mol. The molecule has 0 aromatic heterocycles. The molecule has 3 rings (SSSR count). The van der Waals surface area contributed by atoms with Gasteiger partial charge < -0.3 is 10.6 Å². The molecule has 0 amide bonds. The van der Waals surface area contributed by atoms with Crippen LogP contribution in [0.5, 0.6) is 0 Å². The lowest BCUT2D eigenvalue weighted by Gasteiger charge is -2.31. The highest BCUT2D eigenvalue weighted by molar-refractivity contribution is 6.34. The zero-order valence-electron chi connectivity index (χ0n) is 11.1. The summed E-state index contributed by atoms with van der Waals surface area (Å²) in [5.74, 6) is 0.000550. The Morgan fingerprint density at radius 1 is 1.20 bits per heavy atom. The third-order valence-electron chi connectivity index (χ3n) is 3.66. The van der Waals surface area contributed by atoms with Gasteiger partial charge in [-0.2, -0.15) is 0 Å². The smallest absolute Gasteiger partial charge is 0.124 e. The molecule has 0 spiro atoms. The number of anilines is 2. The SMILES string of the molecule is N=C(N)c1ccc(N2CCCc3ccccc32)cc1Cl. The number of nitrogens with one attached hydrogen (secondary N) is 1. The van der Waals surface area contributed by atoms with Gasteiger partial charge in [-0.25, -0.2) is 0 Å². The van der Waals surface area contributed by atoms with E-state index in [9.17, 15) is 0 Å². The predicted octanol–water partition coefficient (Wildman–Crippen LogP) is 3.71. The maximum absolute atomic E-state index is 7.49. The van der Waals surface area contributed by atoms with E-state index in [-0.39, 0.29) is 5.84 Å². The maximum Gasteiger partial charge on any atom is 0.124 e. The number of aryl methyl sites for hydroxylation is 1. The fraction of sp³-hybridized carbons (Fsp3) is 0.188. The number of nitrogens with zero attached hydrogens (tertiary/aromatic N) is 1. The van der Waals surface area contributed by atoms with Crippen molar-refractivity contribution in [1.29, 1.82) is 5.41 Å². The molecular weight excluding hydrogens is 270 g/mol. The lowest BCUT2D eigenvalue weighted by atomic mass is 10.0. The fourth-order valence-corrected chi connectivity index (χ4v) is 2.97. The number of rotatable bonds is 2. The molecule has 2 aromatic rings. The molecule has 0 unspecified atom stereocenters. The van der Waals surface area contributed by atoms with Crippen LogP contribution in [0.25, 0.3) is 0 Å². The van der Waals surface area contributed by atoms with Crippen LogP contribution in [0.3, 0.4) is 0 Å². The van der Waals surface area contributed by atoms with E-state index in [1.165, 1.54) is 11.3 Å². The summed E-state index contributed by atoms with van der Waals surface area (Å²) in [5, 5.41) is 8.01. The highest BCUT2D eigenvalue weighted by Gasteiger charge is 2.18. The van der Waals surface area contributed by atoms with Crippen molar-refractivity contribution in [2.24, 2.45) is 5.73 Å². The molecule has 2 aromatic carbocycles. The highest BCUT2D eigenvalue weighted by Crippen LogP contribution is 2.34. The van der Waals surface area contributed by atoms with Gasteiger partial charge in [-0.15, -0.1) is 0 Å². The van der Waals surface area contributed by atoms with Crippen molar-refractivity contribution in [3.05, 3.63) is 58.6 Å². The summed E-state index contributed by atoms with van der Waals surface area (Å²) in [5.41, 5.74) is 9.74. The van der Waals surface area contributed by atoms with E-state index in [1.807, 2.05) is 18.2 Å². The van der Waals surface area contributed by atoms with Crippen LogP contribution >= 0.6 is 11.6 Å². The Bertz CT molecular complexity index is 667. The molecule has 1 aliphatic heterocycles. The minimum Gasteiger partial charge on any atom is -0.384 e. The van der Waals surface area contributed by atoms with Crippen molar-refractivity contribution in [1.82, 2.24) is 0 Å². The molecule has 0 saturated heterocycles. The number of para-hydroxylation sites is 1. The van der Waals surface area contributed by atoms with Crippen molar-refractivity contribution >= 4 is 28.8 Å². The normalized spacial score (nSPS) is 13.9. The van der Waals surface area contributed by atoms with Crippen LogP contribution in [0.15, 0.2) is 42.5 Å². The minimum atomic E-state index is 0.000550. The molecular formula is C16H16ClN3. The summed E-state index contributed by atoms with van der Waals surface area (Å²) < 4.78 is 0. The largest absolute Gasteiger partial charge is 0.384 e. The van der Waals surface area contributed by atoms with E-state index in [2.05, 4.69) is 29.2 Å². The van der Waals surface area contributed by atoms with Crippen molar-refractivity contribution in [3.63, 3.8) is 0 Å². The van der Waals surface area contributed by atoms with Crippen molar-refractivity contribution in [3.8, 4) is 0 Å². The van der Waals surface area contributed by atoms with Crippen LogP contribution in [-0.4, -0.2) is 12.4 Å². The molecule has 1 aliphatic rings. The Morgan fingerprint density at radius 3 is 2.75 bits per heavy atom. The van der Waals surface area contributed by atoms with Crippen LogP contribution in [0.4, 0.5) is 11.4 Å². The summed E-state index contributed by atoms with van der Waals surface area (Å²) in [4.78, 5) is 2.27. The van der Waals surface area contributed by atoms with Gasteiger partial charge in [0.05, 0.1) is 5.02 Å². The Kier molecular flexibility index (Phi) is 3.36. The molecule has 0 fully saturated rings. The predicted molar refractivity (Wildman–Crippen MR) is 84.2 cm³/mol. The summed E-state index contributed by atoms with van der Waals surface area (Å²) >= 11 is 6.22. The van der Waals surface area contributed by atoms with Crippen LogP contribution in [0.2, 0.25) is 5.02 Å². The number of amidine groups is 1. The molecule has 0 atom stereocenters. The molecule has 4 heteroatoms. The van der Waals surface area contributed by atoms with Gasteiger partial charge in [-0.05, 0) is 42.7 Å². The molecule has 0 saturated carbocycles. The average Bonchev–Trinajstić information content (AvgIpc) is 2.46. The van der Waals surface area contributed by atoms with Gasteiger partial charge in [0.25, 0.3) is 0 Å². The second-order valence-electron chi connectivity index (χ2n) is 4.96. The zero-order valence-corrected chi connectivity index (χ0v) is 11.8. The van der Waals surface area contributed by atoms with E-state index >= 15 is 0 Å². The number of fused-ring (bicyclic) bond motifs is 1. The van der Waals surface area contributed by atoms with Gasteiger partial charge in [-0.3, -0.25) is 5.41 Å². The number of hydrogen-bond donors (Lipinski definition) is 2. The maximum atomic E-state index is 7.49. The van der Waals surface area contributed by atoms with Crippen LogP contribution in [0, 0.1) is 5.41 Å². The Hall–Kier alpha value is -2.00. The van der Waals surface area contributed by atoms with Gasteiger partial charge in [0.2, 0.25) is 0 Å². The minimum absolute atomic E-state index is 0.000550. The van der Waals surface area contributed by atoms with Crippen molar-refractivity contribution in [2.75, 3.05) is 11.4 Å². The number of benzene rings is 2. The number of nitrogen functional groups attached to an aromatic ring is 1. The van der Waals surface area contributed by atoms with Crippen LogP contribution in [0.1, 0.15) is 17.5 Å². The fourth-order valence-electron chi connectivity index (χ4n) is 2.69. The van der Waals surface area contributed by atoms with Gasteiger partial charge in [0.15, 0.2) is 0 Å². The monoisotopic (exact) mass is 285 g/mol. The highest BCUT2D eigenvalue weighted by atomic mass is 35.5. The molecule has 3 nitrogen and oxygen atoms in total. The van der Waals surface area contributed by atoms with Gasteiger partial charge in [0, 0.05) is 23.5 Å². The van der Waals surface area contributed by atoms with Gasteiger partial charge >= 0.3 is 0 Å². The second-order valence-corrected chi connectivity index (χ2v) is 5.37. The molecule has 0 radical (unpaired) electrons. The quantitative estimate of drug-likeness (QED) is 0.653. The van der Waals surface area contributed by atoms with Crippen molar-refractivity contribution in [2.45, 2.75) is 12.8 Å². The molecule has 1 heterocycles. The summed E-state index contributed by atoms with van der Waals surface area (Å²) in [6.07, 6.45) is 2.25. The summed E-state index contributed by atoms with van der Waals surface area (Å²) in [7, 11) is 0. The first-order chi connectivity index (χ1) is 9.66. The third kappa shape index (κ3) is 2.25. The van der Waals surface area contributed by atoms with Crippen LogP contribution < -0.4 is 10.6 Å². The Balaban J connectivity index is 2.03. The topological polar surface area (TPSA) is 53.1 Å². The van der Waals surface area contributed by atoms with E-state index in [4.69, 9.17) is 22.7 Å². The first-order valence-corrected chi connectivity index (χ1v) is 7.04. The Morgan fingerprint density at radius 2 is 2.00 bits per heavy atom. The molecule has 0 aliphatic carbocycles. The molecule has 0 bridgehead atoms. The zero-order chi connectivity index (χ0) is 14.1. The van der Waals surface area contributed by atoms with E-state index in [0.29, 0.717) is 10.6 Å². The second kappa shape index (κ2) is 5.17. The van der Waals surface area contributed by atoms with Gasteiger partial charge in [0.1, 0.15) is 5.84 Å². The molecule has 20 heavy (non-hydrogen) atoms. The lowest BCUT2D eigenvalue weighted by molar-refractivity contribution is 0.767. The summed E-state index contributed by atoms with van der Waals surface area (Å²) in [6, 6.07) is 14.1. The number of halogens is 1. The Labute approximate surface area is 123 Å². The summed E-state index contributed by atoms with van der Waals surface area (Å²) in [6.45, 7) is 0.979.